The standard InChI is InChI=1S/C23H23ClN4O/c1-14(2)27-22(13-20(25)17-9-5-4-7-15(17)3)28-23(29)18-12-21-16(11-19(18)24)8-6-10-26-21/h4-14,25,27H,1-3H3,(H,28,29)/b22-13+,25-20?. The normalized spacial score (nSPS) is 11.6. The number of amides is 1. The topological polar surface area (TPSA) is 77.9 Å². The van der Waals surface area contributed by atoms with Crippen molar-refractivity contribution in [2.75, 3.05) is 0 Å². The van der Waals surface area contributed by atoms with Crippen LogP contribution < -0.4 is 10.6 Å². The first-order valence-corrected chi connectivity index (χ1v) is 9.71. The molecule has 0 bridgehead atoms. The van der Waals surface area contributed by atoms with Gasteiger partial charge >= 0.3 is 0 Å². The highest BCUT2D eigenvalue weighted by Crippen LogP contribution is 2.23. The van der Waals surface area contributed by atoms with Crippen LogP contribution >= 0.6 is 11.6 Å². The molecule has 1 amide bonds. The van der Waals surface area contributed by atoms with Crippen LogP contribution in [0, 0.1) is 12.3 Å². The summed E-state index contributed by atoms with van der Waals surface area (Å²) in [5.41, 5.74) is 3.12. The Morgan fingerprint density at radius 1 is 1.14 bits per heavy atom. The number of fused-ring (bicyclic) bond motifs is 1. The molecule has 1 heterocycles. The van der Waals surface area contributed by atoms with Gasteiger partial charge in [0.2, 0.25) is 0 Å². The van der Waals surface area contributed by atoms with Gasteiger partial charge in [0, 0.05) is 29.3 Å². The zero-order valence-corrected chi connectivity index (χ0v) is 17.3. The van der Waals surface area contributed by atoms with Crippen LogP contribution in [0.25, 0.3) is 10.9 Å². The molecule has 0 fully saturated rings. The number of allylic oxidation sites excluding steroid dienone is 1. The summed E-state index contributed by atoms with van der Waals surface area (Å²) in [5, 5.41) is 15.7. The quantitative estimate of drug-likeness (QED) is 0.513. The van der Waals surface area contributed by atoms with Gasteiger partial charge < -0.3 is 16.0 Å². The minimum absolute atomic E-state index is 0.0694. The van der Waals surface area contributed by atoms with Gasteiger partial charge in [-0.25, -0.2) is 0 Å². The van der Waals surface area contributed by atoms with Crippen LogP contribution in [-0.2, 0) is 0 Å². The van der Waals surface area contributed by atoms with Crippen molar-refractivity contribution in [3.63, 3.8) is 0 Å². The van der Waals surface area contributed by atoms with E-state index in [9.17, 15) is 4.79 Å². The van der Waals surface area contributed by atoms with E-state index in [1.54, 1.807) is 24.4 Å². The first kappa shape index (κ1) is 20.6. The molecule has 0 saturated heterocycles. The number of benzene rings is 2. The summed E-state index contributed by atoms with van der Waals surface area (Å²) < 4.78 is 0. The molecule has 29 heavy (non-hydrogen) atoms. The molecule has 0 aliphatic rings. The van der Waals surface area contributed by atoms with Gasteiger partial charge in [0.25, 0.3) is 5.91 Å². The van der Waals surface area contributed by atoms with Crippen LogP contribution in [0.3, 0.4) is 0 Å². The molecule has 3 N–H and O–H groups in total. The molecule has 1 aromatic heterocycles. The van der Waals surface area contributed by atoms with Gasteiger partial charge in [0.15, 0.2) is 0 Å². The Bertz CT molecular complexity index is 1100. The van der Waals surface area contributed by atoms with E-state index in [4.69, 9.17) is 17.0 Å². The molecule has 0 aliphatic heterocycles. The minimum Gasteiger partial charge on any atom is -0.369 e. The van der Waals surface area contributed by atoms with Gasteiger partial charge in [-0.15, -0.1) is 0 Å². The highest BCUT2D eigenvalue weighted by atomic mass is 35.5. The van der Waals surface area contributed by atoms with Crippen LogP contribution in [0.2, 0.25) is 5.02 Å². The molecule has 3 rings (SSSR count). The fourth-order valence-electron chi connectivity index (χ4n) is 2.98. The third-order valence-corrected chi connectivity index (χ3v) is 4.67. The number of nitrogens with one attached hydrogen (secondary N) is 3. The summed E-state index contributed by atoms with van der Waals surface area (Å²) in [6, 6.07) is 14.8. The molecular formula is C23H23ClN4O. The number of rotatable bonds is 6. The van der Waals surface area contributed by atoms with E-state index in [1.807, 2.05) is 57.2 Å². The number of hydrogen-bond acceptors (Lipinski definition) is 4. The maximum absolute atomic E-state index is 12.9. The fourth-order valence-corrected chi connectivity index (χ4v) is 3.24. The van der Waals surface area contributed by atoms with Gasteiger partial charge in [-0.3, -0.25) is 9.78 Å². The second-order valence-corrected chi connectivity index (χ2v) is 7.48. The Hall–Kier alpha value is -3.18. The van der Waals surface area contributed by atoms with E-state index < -0.39 is 0 Å². The molecule has 0 radical (unpaired) electrons. The zero-order chi connectivity index (χ0) is 21.0. The minimum atomic E-state index is -0.362. The highest BCUT2D eigenvalue weighted by molar-refractivity contribution is 6.34. The van der Waals surface area contributed by atoms with Gasteiger partial charge in [0.05, 0.1) is 21.8 Å². The molecule has 0 saturated carbocycles. The van der Waals surface area contributed by atoms with Crippen LogP contribution in [0.15, 0.2) is 66.6 Å². The number of aryl methyl sites for hydroxylation is 1. The first-order valence-electron chi connectivity index (χ1n) is 9.33. The summed E-state index contributed by atoms with van der Waals surface area (Å²) in [4.78, 5) is 17.2. The molecular weight excluding hydrogens is 384 g/mol. The molecule has 2 aromatic carbocycles. The molecule has 0 unspecified atom stereocenters. The van der Waals surface area contributed by atoms with Gasteiger partial charge in [-0.2, -0.15) is 0 Å². The van der Waals surface area contributed by atoms with Crippen molar-refractivity contribution in [1.82, 2.24) is 15.6 Å². The van der Waals surface area contributed by atoms with Crippen molar-refractivity contribution >= 4 is 34.1 Å². The van der Waals surface area contributed by atoms with Crippen LogP contribution in [0.1, 0.15) is 35.3 Å². The van der Waals surface area contributed by atoms with E-state index in [2.05, 4.69) is 15.6 Å². The Kier molecular flexibility index (Phi) is 6.29. The number of aromatic nitrogens is 1. The molecule has 148 valence electrons. The van der Waals surface area contributed by atoms with E-state index in [0.29, 0.717) is 27.6 Å². The Labute approximate surface area is 175 Å². The fraction of sp³-hybridized carbons (Fsp3) is 0.174. The third kappa shape index (κ3) is 5.00. The predicted octanol–water partition coefficient (Wildman–Crippen LogP) is 4.83. The van der Waals surface area contributed by atoms with Crippen molar-refractivity contribution in [2.45, 2.75) is 26.8 Å². The van der Waals surface area contributed by atoms with Crippen molar-refractivity contribution in [1.29, 1.82) is 5.41 Å². The van der Waals surface area contributed by atoms with Crippen molar-refractivity contribution in [3.8, 4) is 0 Å². The molecule has 0 spiro atoms. The lowest BCUT2D eigenvalue weighted by atomic mass is 10.0. The number of hydrogen-bond donors (Lipinski definition) is 3. The van der Waals surface area contributed by atoms with Gasteiger partial charge in [-0.05, 0) is 44.5 Å². The molecule has 3 aromatic rings. The van der Waals surface area contributed by atoms with Crippen molar-refractivity contribution in [2.24, 2.45) is 0 Å². The third-order valence-electron chi connectivity index (χ3n) is 4.35. The summed E-state index contributed by atoms with van der Waals surface area (Å²) in [7, 11) is 0. The molecule has 5 nitrogen and oxygen atoms in total. The predicted molar refractivity (Wildman–Crippen MR) is 119 cm³/mol. The van der Waals surface area contributed by atoms with E-state index in [-0.39, 0.29) is 11.9 Å². The molecule has 0 aliphatic carbocycles. The van der Waals surface area contributed by atoms with E-state index in [1.165, 1.54) is 0 Å². The Balaban J connectivity index is 1.90. The molecule has 0 atom stereocenters. The molecule has 6 heteroatoms. The summed E-state index contributed by atoms with van der Waals surface area (Å²) in [6.07, 6.45) is 3.29. The van der Waals surface area contributed by atoms with Crippen molar-refractivity contribution in [3.05, 3.63) is 88.3 Å². The monoisotopic (exact) mass is 406 g/mol. The SMILES string of the molecule is Cc1ccccc1C(=N)/C=C(/NC(=O)c1cc2ncccc2cc1Cl)NC(C)C. The lowest BCUT2D eigenvalue weighted by Gasteiger charge is -2.17. The van der Waals surface area contributed by atoms with Crippen LogP contribution in [0.4, 0.5) is 0 Å². The second kappa shape index (κ2) is 8.88. The zero-order valence-electron chi connectivity index (χ0n) is 16.6. The average molecular weight is 407 g/mol. The average Bonchev–Trinajstić information content (AvgIpc) is 2.67. The number of halogens is 1. The number of nitrogens with zero attached hydrogens (tertiary/aromatic N) is 1. The van der Waals surface area contributed by atoms with E-state index in [0.717, 1.165) is 16.5 Å². The highest BCUT2D eigenvalue weighted by Gasteiger charge is 2.15. The Morgan fingerprint density at radius 2 is 1.90 bits per heavy atom. The van der Waals surface area contributed by atoms with Gasteiger partial charge in [0.1, 0.15) is 5.82 Å². The number of pyridine rings is 1. The number of carbonyl (C=O) groups is 1. The van der Waals surface area contributed by atoms with Gasteiger partial charge in [-0.1, -0.05) is 41.9 Å². The summed E-state index contributed by atoms with van der Waals surface area (Å²) in [6.45, 7) is 5.88. The largest absolute Gasteiger partial charge is 0.369 e. The maximum Gasteiger partial charge on any atom is 0.258 e. The Morgan fingerprint density at radius 3 is 2.62 bits per heavy atom. The van der Waals surface area contributed by atoms with E-state index >= 15 is 0 Å². The van der Waals surface area contributed by atoms with Crippen molar-refractivity contribution < 1.29 is 4.79 Å². The lowest BCUT2D eigenvalue weighted by Crippen LogP contribution is -2.35. The number of carbonyl (C=O) groups excluding carboxylic acids is 1. The smallest absolute Gasteiger partial charge is 0.258 e. The maximum atomic E-state index is 12.9. The van der Waals surface area contributed by atoms with Crippen LogP contribution in [0.5, 0.6) is 0 Å². The van der Waals surface area contributed by atoms with Crippen LogP contribution in [-0.4, -0.2) is 22.6 Å². The summed E-state index contributed by atoms with van der Waals surface area (Å²) in [5.74, 6) is 0.0787. The second-order valence-electron chi connectivity index (χ2n) is 7.07. The first-order chi connectivity index (χ1) is 13.8. The lowest BCUT2D eigenvalue weighted by molar-refractivity contribution is 0.0963. The summed E-state index contributed by atoms with van der Waals surface area (Å²) >= 11 is 6.34.